The van der Waals surface area contributed by atoms with Crippen LogP contribution in [0.3, 0.4) is 0 Å². The van der Waals surface area contributed by atoms with Crippen LogP contribution in [-0.2, 0) is 4.84 Å². The number of hydrogen-bond acceptors (Lipinski definition) is 3. The molecule has 88 valence electrons. The van der Waals surface area contributed by atoms with E-state index in [-0.39, 0.29) is 0 Å². The second-order valence-electron chi connectivity index (χ2n) is 5.09. The normalized spacial score (nSPS) is 36.6. The lowest BCUT2D eigenvalue weighted by Crippen LogP contribution is -2.52. The third-order valence-corrected chi connectivity index (χ3v) is 4.03. The van der Waals surface area contributed by atoms with Gasteiger partial charge >= 0.3 is 0 Å². The van der Waals surface area contributed by atoms with E-state index in [1.54, 1.807) is 7.11 Å². The molecule has 0 aromatic heterocycles. The predicted molar refractivity (Wildman–Crippen MR) is 61.5 cm³/mol. The van der Waals surface area contributed by atoms with E-state index >= 15 is 0 Å². The zero-order chi connectivity index (χ0) is 10.7. The standard InChI is InChI=1S/C12H24N2O/c1-14(15-2)9-11-8-7-10-5-3-4-6-12(10)13-11/h10-13H,3-9H2,1-2H3. The maximum atomic E-state index is 5.18. The van der Waals surface area contributed by atoms with Gasteiger partial charge in [-0.1, -0.05) is 12.8 Å². The average molecular weight is 212 g/mol. The largest absolute Gasteiger partial charge is 0.310 e. The molecule has 0 spiro atoms. The molecule has 15 heavy (non-hydrogen) atoms. The summed E-state index contributed by atoms with van der Waals surface area (Å²) < 4.78 is 0. The Hall–Kier alpha value is -0.120. The molecule has 3 atom stereocenters. The molecule has 1 saturated heterocycles. The van der Waals surface area contributed by atoms with Crippen molar-refractivity contribution in [2.24, 2.45) is 5.92 Å². The highest BCUT2D eigenvalue weighted by Gasteiger charge is 2.31. The Morgan fingerprint density at radius 3 is 2.80 bits per heavy atom. The second-order valence-corrected chi connectivity index (χ2v) is 5.09. The molecule has 1 aliphatic heterocycles. The van der Waals surface area contributed by atoms with Crippen molar-refractivity contribution in [2.75, 3.05) is 20.7 Å². The quantitative estimate of drug-likeness (QED) is 0.722. The number of hydrogen-bond donors (Lipinski definition) is 1. The van der Waals surface area contributed by atoms with Crippen LogP contribution in [0.15, 0.2) is 0 Å². The Kier molecular flexibility index (Phi) is 4.00. The van der Waals surface area contributed by atoms with Gasteiger partial charge < -0.3 is 10.2 Å². The molecule has 3 unspecified atom stereocenters. The van der Waals surface area contributed by atoms with E-state index in [2.05, 4.69) is 5.32 Å². The minimum atomic E-state index is 0.634. The lowest BCUT2D eigenvalue weighted by atomic mass is 9.78. The third kappa shape index (κ3) is 2.92. The monoisotopic (exact) mass is 212 g/mol. The van der Waals surface area contributed by atoms with Crippen molar-refractivity contribution in [3.63, 3.8) is 0 Å². The van der Waals surface area contributed by atoms with Gasteiger partial charge in [-0.25, -0.2) is 0 Å². The highest BCUT2D eigenvalue weighted by atomic mass is 16.7. The highest BCUT2D eigenvalue weighted by Crippen LogP contribution is 2.32. The van der Waals surface area contributed by atoms with Crippen LogP contribution in [0.25, 0.3) is 0 Å². The molecular weight excluding hydrogens is 188 g/mol. The minimum Gasteiger partial charge on any atom is -0.310 e. The van der Waals surface area contributed by atoms with Crippen LogP contribution in [0.4, 0.5) is 0 Å². The molecule has 2 rings (SSSR count). The van der Waals surface area contributed by atoms with Crippen molar-refractivity contribution in [3.8, 4) is 0 Å². The second kappa shape index (κ2) is 5.28. The zero-order valence-electron chi connectivity index (χ0n) is 10.0. The van der Waals surface area contributed by atoms with Crippen LogP contribution in [0, 0.1) is 5.92 Å². The Bertz CT molecular complexity index is 198. The zero-order valence-corrected chi connectivity index (χ0v) is 10.0. The van der Waals surface area contributed by atoms with Crippen molar-refractivity contribution in [2.45, 2.75) is 50.6 Å². The van der Waals surface area contributed by atoms with Crippen molar-refractivity contribution >= 4 is 0 Å². The molecule has 0 radical (unpaired) electrons. The smallest absolute Gasteiger partial charge is 0.0575 e. The Balaban J connectivity index is 1.80. The maximum Gasteiger partial charge on any atom is 0.0575 e. The first kappa shape index (κ1) is 11.4. The summed E-state index contributed by atoms with van der Waals surface area (Å²) in [7, 11) is 3.75. The lowest BCUT2D eigenvalue weighted by molar-refractivity contribution is -0.116. The summed E-state index contributed by atoms with van der Waals surface area (Å²) in [6.07, 6.45) is 8.43. The van der Waals surface area contributed by atoms with Gasteiger partial charge in [0.2, 0.25) is 0 Å². The molecule has 3 heteroatoms. The fourth-order valence-electron chi connectivity index (χ4n) is 3.10. The van der Waals surface area contributed by atoms with Gasteiger partial charge in [0.1, 0.15) is 0 Å². The molecule has 2 aliphatic rings. The van der Waals surface area contributed by atoms with Gasteiger partial charge in [-0.15, -0.1) is 0 Å². The maximum absolute atomic E-state index is 5.18. The summed E-state index contributed by atoms with van der Waals surface area (Å²) in [6.45, 7) is 1.01. The summed E-state index contributed by atoms with van der Waals surface area (Å²) in [5.41, 5.74) is 0. The highest BCUT2D eigenvalue weighted by molar-refractivity contribution is 4.89. The molecule has 0 bridgehead atoms. The van der Waals surface area contributed by atoms with Crippen molar-refractivity contribution in [1.82, 2.24) is 10.4 Å². The van der Waals surface area contributed by atoms with Crippen LogP contribution in [-0.4, -0.2) is 37.8 Å². The number of rotatable bonds is 3. The Morgan fingerprint density at radius 2 is 2.00 bits per heavy atom. The third-order valence-electron chi connectivity index (χ3n) is 4.03. The number of likely N-dealkylation sites (N-methyl/N-ethyl adjacent to an activating group) is 1. The number of nitrogens with zero attached hydrogens (tertiary/aromatic N) is 1. The first-order valence-electron chi connectivity index (χ1n) is 6.31. The summed E-state index contributed by atoms with van der Waals surface area (Å²) >= 11 is 0. The minimum absolute atomic E-state index is 0.634. The van der Waals surface area contributed by atoms with Crippen molar-refractivity contribution in [1.29, 1.82) is 0 Å². The van der Waals surface area contributed by atoms with Crippen LogP contribution in [0.1, 0.15) is 38.5 Å². The molecule has 2 fully saturated rings. The van der Waals surface area contributed by atoms with Crippen LogP contribution in [0.2, 0.25) is 0 Å². The van der Waals surface area contributed by atoms with E-state index < -0.39 is 0 Å². The van der Waals surface area contributed by atoms with Crippen LogP contribution < -0.4 is 5.32 Å². The lowest BCUT2D eigenvalue weighted by Gasteiger charge is -2.41. The van der Waals surface area contributed by atoms with Gasteiger partial charge in [-0.2, -0.15) is 5.06 Å². The van der Waals surface area contributed by atoms with Crippen LogP contribution in [0.5, 0.6) is 0 Å². The van der Waals surface area contributed by atoms with Gasteiger partial charge in [-0.3, -0.25) is 0 Å². The first-order chi connectivity index (χ1) is 7.29. The molecule has 0 aromatic carbocycles. The fourth-order valence-corrected chi connectivity index (χ4v) is 3.10. The van der Waals surface area contributed by atoms with E-state index in [0.717, 1.165) is 18.5 Å². The van der Waals surface area contributed by atoms with E-state index in [0.29, 0.717) is 6.04 Å². The van der Waals surface area contributed by atoms with Gasteiger partial charge in [0, 0.05) is 25.7 Å². The molecule has 1 saturated carbocycles. The van der Waals surface area contributed by atoms with E-state index in [4.69, 9.17) is 4.84 Å². The van der Waals surface area contributed by atoms with Gasteiger partial charge in [0.15, 0.2) is 0 Å². The summed E-state index contributed by atoms with van der Waals surface area (Å²) in [5, 5.41) is 5.73. The predicted octanol–water partition coefficient (Wildman–Crippen LogP) is 1.79. The van der Waals surface area contributed by atoms with Gasteiger partial charge in [-0.05, 0) is 31.6 Å². The van der Waals surface area contributed by atoms with Crippen molar-refractivity contribution in [3.05, 3.63) is 0 Å². The van der Waals surface area contributed by atoms with Crippen LogP contribution >= 0.6 is 0 Å². The van der Waals surface area contributed by atoms with E-state index in [9.17, 15) is 0 Å². The topological polar surface area (TPSA) is 24.5 Å². The molecule has 1 heterocycles. The summed E-state index contributed by atoms with van der Waals surface area (Å²) in [4.78, 5) is 5.18. The Labute approximate surface area is 93.1 Å². The molecular formula is C12H24N2O. The van der Waals surface area contributed by atoms with Gasteiger partial charge in [0.05, 0.1) is 7.11 Å². The summed E-state index contributed by atoms with van der Waals surface area (Å²) in [6, 6.07) is 1.43. The molecule has 0 amide bonds. The number of hydroxylamine groups is 2. The molecule has 1 aliphatic carbocycles. The fraction of sp³-hybridized carbons (Fsp3) is 1.00. The van der Waals surface area contributed by atoms with Crippen molar-refractivity contribution < 1.29 is 4.84 Å². The van der Waals surface area contributed by atoms with Gasteiger partial charge in [0.25, 0.3) is 0 Å². The molecule has 0 aromatic rings. The summed E-state index contributed by atoms with van der Waals surface area (Å²) in [5.74, 6) is 0.961. The number of nitrogens with one attached hydrogen (secondary N) is 1. The average Bonchev–Trinajstić information content (AvgIpc) is 2.29. The SMILES string of the molecule is CON(C)CC1CCC2CCCCC2N1. The van der Waals surface area contributed by atoms with E-state index in [1.807, 2.05) is 12.1 Å². The number of fused-ring (bicyclic) bond motifs is 1. The van der Waals surface area contributed by atoms with E-state index in [1.165, 1.54) is 38.5 Å². The Morgan fingerprint density at radius 1 is 1.20 bits per heavy atom. The molecule has 1 N–H and O–H groups in total. The first-order valence-corrected chi connectivity index (χ1v) is 6.31. The number of piperidine rings is 1. The molecule has 3 nitrogen and oxygen atoms in total.